The van der Waals surface area contributed by atoms with Gasteiger partial charge in [0.1, 0.15) is 12.6 Å². The van der Waals surface area contributed by atoms with E-state index in [1.807, 2.05) is 18.5 Å². The van der Waals surface area contributed by atoms with E-state index in [-0.39, 0.29) is 0 Å². The van der Waals surface area contributed by atoms with Crippen molar-refractivity contribution in [1.29, 1.82) is 0 Å². The van der Waals surface area contributed by atoms with E-state index in [1.54, 1.807) is 6.92 Å². The number of rotatable bonds is 5. The summed E-state index contributed by atoms with van der Waals surface area (Å²) >= 11 is 0. The summed E-state index contributed by atoms with van der Waals surface area (Å²) in [5.41, 5.74) is 0.192. The third-order valence-corrected chi connectivity index (χ3v) is 4.69. The molecule has 3 atom stereocenters. The Bertz CT molecular complexity index is 528. The third kappa shape index (κ3) is 5.97. The van der Waals surface area contributed by atoms with Gasteiger partial charge in [0, 0.05) is 24.4 Å². The van der Waals surface area contributed by atoms with Gasteiger partial charge in [-0.1, -0.05) is 45.3 Å². The Morgan fingerprint density at radius 3 is 2.96 bits per heavy atom. The van der Waals surface area contributed by atoms with E-state index in [9.17, 15) is 5.11 Å². The first-order chi connectivity index (χ1) is 11.0. The van der Waals surface area contributed by atoms with Crippen LogP contribution in [0.4, 0.5) is 0 Å². The molecule has 126 valence electrons. The number of pyridine rings is 1. The van der Waals surface area contributed by atoms with Crippen molar-refractivity contribution in [3.05, 3.63) is 30.1 Å². The monoisotopic (exact) mass is 314 g/mol. The highest BCUT2D eigenvalue weighted by molar-refractivity contribution is 5.13. The lowest BCUT2D eigenvalue weighted by atomic mass is 9.95. The number of nitrogens with one attached hydrogen (secondary N) is 1. The maximum absolute atomic E-state index is 12.4. The number of hydrogen-bond donors (Lipinski definition) is 1. The van der Waals surface area contributed by atoms with Crippen molar-refractivity contribution in [2.75, 3.05) is 13.1 Å². The SMILES string of the molecule is CC(C)CCC(C)([O-])C#CC[NH+]1CCCCC1c1cccnc1. The zero-order valence-electron chi connectivity index (χ0n) is 14.8. The van der Waals surface area contributed by atoms with Gasteiger partial charge in [0.2, 0.25) is 0 Å². The van der Waals surface area contributed by atoms with Gasteiger partial charge in [0.15, 0.2) is 0 Å². The minimum atomic E-state index is -1.11. The Labute approximate surface area is 141 Å². The fraction of sp³-hybridized carbons (Fsp3) is 0.650. The second kappa shape index (κ2) is 8.47. The smallest absolute Gasteiger partial charge is 0.139 e. The van der Waals surface area contributed by atoms with E-state index in [1.165, 1.54) is 29.7 Å². The van der Waals surface area contributed by atoms with Crippen LogP contribution in [0.3, 0.4) is 0 Å². The summed E-state index contributed by atoms with van der Waals surface area (Å²) < 4.78 is 0. The first-order valence-corrected chi connectivity index (χ1v) is 8.93. The van der Waals surface area contributed by atoms with Crippen molar-refractivity contribution in [3.8, 4) is 11.8 Å². The molecule has 1 aliphatic rings. The fourth-order valence-electron chi connectivity index (χ4n) is 3.25. The molecule has 0 saturated carbocycles. The standard InChI is InChI=1S/C20H29N2O/c1-17(2)10-12-20(3,23)11-7-15-22-14-5-4-9-19(22)18-8-6-13-21-16-18/h6,8,13,16-17,19H,4-5,9-10,12,14-15H2,1-3H3/q-1/p+1. The van der Waals surface area contributed by atoms with Crippen molar-refractivity contribution >= 4 is 0 Å². The summed E-state index contributed by atoms with van der Waals surface area (Å²) in [7, 11) is 0. The summed E-state index contributed by atoms with van der Waals surface area (Å²) in [6, 6.07) is 4.64. The topological polar surface area (TPSA) is 40.4 Å². The molecule has 3 heteroatoms. The molecular weight excluding hydrogens is 284 g/mol. The van der Waals surface area contributed by atoms with Crippen molar-refractivity contribution in [3.63, 3.8) is 0 Å². The summed E-state index contributed by atoms with van der Waals surface area (Å²) in [4.78, 5) is 5.74. The zero-order valence-corrected chi connectivity index (χ0v) is 14.8. The van der Waals surface area contributed by atoms with Gasteiger partial charge in [-0.3, -0.25) is 4.98 Å². The first kappa shape index (κ1) is 18.0. The van der Waals surface area contributed by atoms with E-state index >= 15 is 0 Å². The quantitative estimate of drug-likeness (QED) is 0.841. The molecule has 3 unspecified atom stereocenters. The van der Waals surface area contributed by atoms with Crippen LogP contribution in [0.5, 0.6) is 0 Å². The molecule has 0 amide bonds. The zero-order chi connectivity index (χ0) is 16.7. The molecule has 2 rings (SSSR count). The van der Waals surface area contributed by atoms with Crippen LogP contribution in [0.1, 0.15) is 64.5 Å². The van der Waals surface area contributed by atoms with Crippen molar-refractivity contribution < 1.29 is 10.0 Å². The van der Waals surface area contributed by atoms with Crippen LogP contribution in [0, 0.1) is 17.8 Å². The minimum Gasteiger partial charge on any atom is -0.840 e. The molecule has 1 N–H and O–H groups in total. The summed E-state index contributed by atoms with van der Waals surface area (Å²) in [5, 5.41) is 12.4. The Morgan fingerprint density at radius 1 is 1.43 bits per heavy atom. The maximum Gasteiger partial charge on any atom is 0.139 e. The highest BCUT2D eigenvalue weighted by atomic mass is 16.3. The summed E-state index contributed by atoms with van der Waals surface area (Å²) in [5.74, 6) is 6.75. The normalized spacial score (nSPS) is 23.9. The van der Waals surface area contributed by atoms with Crippen molar-refractivity contribution in [2.24, 2.45) is 5.92 Å². The number of nitrogens with zero attached hydrogens (tertiary/aromatic N) is 1. The lowest BCUT2D eigenvalue weighted by Crippen LogP contribution is -3.13. The average Bonchev–Trinajstić information content (AvgIpc) is 2.54. The van der Waals surface area contributed by atoms with Crippen LogP contribution >= 0.6 is 0 Å². The van der Waals surface area contributed by atoms with E-state index in [0.717, 1.165) is 19.5 Å². The van der Waals surface area contributed by atoms with Gasteiger partial charge in [-0.15, -0.1) is 5.92 Å². The number of likely N-dealkylation sites (tertiary alicyclic amines) is 1. The van der Waals surface area contributed by atoms with Crippen molar-refractivity contribution in [1.82, 2.24) is 4.98 Å². The average molecular weight is 314 g/mol. The molecule has 2 heterocycles. The molecule has 1 fully saturated rings. The second-order valence-electron chi connectivity index (χ2n) is 7.38. The number of quaternary nitrogens is 1. The lowest BCUT2D eigenvalue weighted by Gasteiger charge is -2.33. The summed E-state index contributed by atoms with van der Waals surface area (Å²) in [6.45, 7) is 7.93. The third-order valence-electron chi connectivity index (χ3n) is 4.69. The largest absolute Gasteiger partial charge is 0.840 e. The lowest BCUT2D eigenvalue weighted by molar-refractivity contribution is -0.930. The molecule has 1 aromatic heterocycles. The van der Waals surface area contributed by atoms with Gasteiger partial charge in [-0.2, -0.15) is 0 Å². The maximum atomic E-state index is 12.4. The predicted octanol–water partition coefficient (Wildman–Crippen LogP) is 1.75. The molecule has 3 nitrogen and oxygen atoms in total. The highest BCUT2D eigenvalue weighted by Crippen LogP contribution is 2.18. The van der Waals surface area contributed by atoms with Gasteiger partial charge < -0.3 is 10.0 Å². The van der Waals surface area contributed by atoms with Crippen LogP contribution in [-0.2, 0) is 0 Å². The molecular formula is C20H30N2O. The van der Waals surface area contributed by atoms with E-state index < -0.39 is 5.60 Å². The van der Waals surface area contributed by atoms with Crippen LogP contribution < -0.4 is 10.0 Å². The molecule has 0 spiro atoms. The van der Waals surface area contributed by atoms with E-state index in [4.69, 9.17) is 0 Å². The van der Waals surface area contributed by atoms with Crippen LogP contribution in [0.25, 0.3) is 0 Å². The van der Waals surface area contributed by atoms with Gasteiger partial charge in [0.05, 0.1) is 6.54 Å². The molecule has 1 saturated heterocycles. The van der Waals surface area contributed by atoms with Gasteiger partial charge in [0.25, 0.3) is 0 Å². The fourth-order valence-corrected chi connectivity index (χ4v) is 3.25. The molecule has 0 radical (unpaired) electrons. The molecule has 0 aliphatic carbocycles. The Hall–Kier alpha value is -1.37. The van der Waals surface area contributed by atoms with E-state index in [2.05, 4.69) is 36.7 Å². The van der Waals surface area contributed by atoms with E-state index in [0.29, 0.717) is 18.4 Å². The Morgan fingerprint density at radius 2 is 2.26 bits per heavy atom. The Kier molecular flexibility index (Phi) is 6.62. The predicted molar refractivity (Wildman–Crippen MR) is 91.8 cm³/mol. The van der Waals surface area contributed by atoms with Gasteiger partial charge in [-0.05, 0) is 30.7 Å². The van der Waals surface area contributed by atoms with Crippen LogP contribution in [0.15, 0.2) is 24.5 Å². The molecule has 0 bridgehead atoms. The van der Waals surface area contributed by atoms with Crippen LogP contribution in [-0.4, -0.2) is 23.7 Å². The first-order valence-electron chi connectivity index (χ1n) is 8.93. The number of aromatic nitrogens is 1. The molecule has 23 heavy (non-hydrogen) atoms. The molecule has 0 aromatic carbocycles. The highest BCUT2D eigenvalue weighted by Gasteiger charge is 2.26. The van der Waals surface area contributed by atoms with Gasteiger partial charge in [-0.25, -0.2) is 0 Å². The number of piperidine rings is 1. The Balaban J connectivity index is 1.96. The van der Waals surface area contributed by atoms with Crippen molar-refractivity contribution in [2.45, 2.75) is 64.5 Å². The summed E-state index contributed by atoms with van der Waals surface area (Å²) in [6.07, 6.45) is 9.08. The molecule has 1 aliphatic heterocycles. The van der Waals surface area contributed by atoms with Crippen LogP contribution in [0.2, 0.25) is 0 Å². The number of hydrogen-bond acceptors (Lipinski definition) is 2. The minimum absolute atomic E-state index is 0.473. The molecule has 1 aromatic rings. The van der Waals surface area contributed by atoms with Gasteiger partial charge >= 0.3 is 0 Å². The second-order valence-corrected chi connectivity index (χ2v) is 7.38.